The van der Waals surface area contributed by atoms with Gasteiger partial charge in [-0.05, 0) is 67.1 Å². The molecule has 0 bridgehead atoms. The largest absolute Gasteiger partial charge is 0.493 e. The minimum absolute atomic E-state index is 0.759. The van der Waals surface area contributed by atoms with E-state index in [1.807, 2.05) is 0 Å². The highest BCUT2D eigenvalue weighted by Gasteiger charge is 2.09. The van der Waals surface area contributed by atoms with E-state index in [-0.39, 0.29) is 0 Å². The van der Waals surface area contributed by atoms with Crippen molar-refractivity contribution in [2.45, 2.75) is 79.1 Å². The lowest BCUT2D eigenvalue weighted by Gasteiger charge is -2.14. The molecular formula is C41H48O. The molecule has 0 aliphatic carbocycles. The van der Waals surface area contributed by atoms with Crippen molar-refractivity contribution in [2.75, 3.05) is 6.61 Å². The van der Waals surface area contributed by atoms with Crippen molar-refractivity contribution in [3.63, 3.8) is 0 Å². The molecule has 4 aromatic rings. The van der Waals surface area contributed by atoms with Crippen LogP contribution in [0.4, 0.5) is 0 Å². The summed E-state index contributed by atoms with van der Waals surface area (Å²) in [6.45, 7) is 9.44. The Balaban J connectivity index is 1.54. The predicted molar refractivity (Wildman–Crippen MR) is 185 cm³/mol. The van der Waals surface area contributed by atoms with Crippen molar-refractivity contribution in [1.82, 2.24) is 0 Å². The summed E-state index contributed by atoms with van der Waals surface area (Å²) >= 11 is 0. The first kappa shape index (κ1) is 31.1. The van der Waals surface area contributed by atoms with Gasteiger partial charge in [0, 0.05) is 5.56 Å². The molecule has 1 nitrogen and oxygen atoms in total. The lowest BCUT2D eigenvalue weighted by atomic mass is 9.95. The number of rotatable bonds is 15. The third-order valence-corrected chi connectivity index (χ3v) is 7.85. The Morgan fingerprint density at radius 2 is 1.05 bits per heavy atom. The fourth-order valence-electron chi connectivity index (χ4n) is 5.21. The Labute approximate surface area is 255 Å². The van der Waals surface area contributed by atoms with Crippen LogP contribution in [-0.4, -0.2) is 6.61 Å². The average Bonchev–Trinajstić information content (AvgIpc) is 3.00. The minimum Gasteiger partial charge on any atom is -0.493 e. The third-order valence-electron chi connectivity index (χ3n) is 7.85. The van der Waals surface area contributed by atoms with Crippen LogP contribution in [0.25, 0.3) is 35.4 Å². The number of unbranched alkanes of at least 4 members (excludes halogenated alkanes) is 7. The first-order chi connectivity index (χ1) is 20.5. The van der Waals surface area contributed by atoms with Crippen molar-refractivity contribution in [1.29, 1.82) is 0 Å². The van der Waals surface area contributed by atoms with Gasteiger partial charge in [0.1, 0.15) is 5.75 Å². The van der Waals surface area contributed by atoms with E-state index in [0.717, 1.165) is 24.3 Å². The molecule has 42 heavy (non-hydrogen) atoms. The smallest absolute Gasteiger partial charge is 0.126 e. The molecule has 0 heterocycles. The quantitative estimate of drug-likeness (QED) is 0.104. The van der Waals surface area contributed by atoms with Crippen LogP contribution < -0.4 is 4.74 Å². The van der Waals surface area contributed by atoms with E-state index in [9.17, 15) is 0 Å². The van der Waals surface area contributed by atoms with Gasteiger partial charge in [-0.1, -0.05) is 166 Å². The van der Waals surface area contributed by atoms with E-state index in [4.69, 9.17) is 4.74 Å². The maximum Gasteiger partial charge on any atom is 0.126 e. The molecule has 0 aliphatic heterocycles. The van der Waals surface area contributed by atoms with Gasteiger partial charge in [0.15, 0.2) is 0 Å². The molecule has 218 valence electrons. The van der Waals surface area contributed by atoms with Gasteiger partial charge >= 0.3 is 0 Å². The fraction of sp³-hybridized carbons (Fsp3) is 0.317. The zero-order valence-corrected chi connectivity index (χ0v) is 26.2. The van der Waals surface area contributed by atoms with Crippen molar-refractivity contribution in [2.24, 2.45) is 0 Å². The molecule has 4 rings (SSSR count). The van der Waals surface area contributed by atoms with Gasteiger partial charge in [0.2, 0.25) is 0 Å². The average molecular weight is 557 g/mol. The Morgan fingerprint density at radius 3 is 1.67 bits per heavy atom. The van der Waals surface area contributed by atoms with Crippen LogP contribution in [0.2, 0.25) is 0 Å². The van der Waals surface area contributed by atoms with E-state index >= 15 is 0 Å². The van der Waals surface area contributed by atoms with Crippen molar-refractivity contribution in [3.8, 4) is 16.9 Å². The molecule has 0 radical (unpaired) electrons. The Bertz CT molecular complexity index is 1440. The van der Waals surface area contributed by atoms with Gasteiger partial charge in [-0.25, -0.2) is 0 Å². The van der Waals surface area contributed by atoms with Gasteiger partial charge in [-0.3, -0.25) is 0 Å². The number of ether oxygens (including phenoxy) is 1. The molecule has 0 spiro atoms. The molecule has 0 atom stereocenters. The molecule has 1 heteroatoms. The minimum atomic E-state index is 0.759. The van der Waals surface area contributed by atoms with Crippen LogP contribution >= 0.6 is 0 Å². The Morgan fingerprint density at radius 1 is 0.500 bits per heavy atom. The topological polar surface area (TPSA) is 9.23 Å². The number of hydrogen-bond donors (Lipinski definition) is 0. The van der Waals surface area contributed by atoms with Crippen molar-refractivity contribution >= 4 is 24.3 Å². The second-order valence-electron chi connectivity index (χ2n) is 11.7. The second kappa shape index (κ2) is 16.6. The van der Waals surface area contributed by atoms with Crippen LogP contribution in [0.1, 0.15) is 97.2 Å². The normalized spacial score (nSPS) is 11.5. The van der Waals surface area contributed by atoms with E-state index in [1.54, 1.807) is 0 Å². The summed E-state index contributed by atoms with van der Waals surface area (Å²) < 4.78 is 6.38. The maximum atomic E-state index is 6.38. The van der Waals surface area contributed by atoms with E-state index < -0.39 is 0 Å². The third kappa shape index (κ3) is 9.91. The molecule has 0 aromatic heterocycles. The van der Waals surface area contributed by atoms with Crippen molar-refractivity contribution < 1.29 is 4.74 Å². The zero-order chi connectivity index (χ0) is 29.6. The predicted octanol–water partition coefficient (Wildman–Crippen LogP) is 12.1. The van der Waals surface area contributed by atoms with Gasteiger partial charge in [-0.15, -0.1) is 0 Å². The maximum absolute atomic E-state index is 6.38. The summed E-state index contributed by atoms with van der Waals surface area (Å²) in [5.74, 6) is 0.953. The molecule has 0 N–H and O–H groups in total. The van der Waals surface area contributed by atoms with E-state index in [1.165, 1.54) is 89.5 Å². The highest BCUT2D eigenvalue weighted by molar-refractivity contribution is 5.83. The summed E-state index contributed by atoms with van der Waals surface area (Å²) in [7, 11) is 0. The first-order valence-corrected chi connectivity index (χ1v) is 15.9. The second-order valence-corrected chi connectivity index (χ2v) is 11.7. The SMILES string of the molecule is CCCCCCCCCCOc1ccc(-c2ccc(C)cc2/C=C/c2ccc(C)cc2)cc1/C=C/c1ccc(C)cc1. The van der Waals surface area contributed by atoms with Crippen molar-refractivity contribution in [3.05, 3.63) is 124 Å². The van der Waals surface area contributed by atoms with E-state index in [0.29, 0.717) is 0 Å². The molecule has 4 aromatic carbocycles. The summed E-state index contributed by atoms with van der Waals surface area (Å²) in [5.41, 5.74) is 11.0. The Hall–Kier alpha value is -3.84. The highest BCUT2D eigenvalue weighted by Crippen LogP contribution is 2.32. The number of hydrogen-bond acceptors (Lipinski definition) is 1. The molecule has 0 unspecified atom stereocenters. The molecule has 0 aliphatic rings. The summed E-state index contributed by atoms with van der Waals surface area (Å²) in [6, 6.07) is 30.7. The monoisotopic (exact) mass is 556 g/mol. The van der Waals surface area contributed by atoms with Gasteiger partial charge in [0.05, 0.1) is 6.61 Å². The molecule has 0 saturated heterocycles. The molecule has 0 fully saturated rings. The summed E-state index contributed by atoms with van der Waals surface area (Å²) in [4.78, 5) is 0. The van der Waals surface area contributed by atoms with Gasteiger partial charge < -0.3 is 4.74 Å². The zero-order valence-electron chi connectivity index (χ0n) is 26.2. The van der Waals surface area contributed by atoms with Crippen LogP contribution in [-0.2, 0) is 0 Å². The Kier molecular flexibility index (Phi) is 12.3. The lowest BCUT2D eigenvalue weighted by Crippen LogP contribution is -1.99. The molecule has 0 amide bonds. The van der Waals surface area contributed by atoms with Crippen LogP contribution in [0, 0.1) is 20.8 Å². The summed E-state index contributed by atoms with van der Waals surface area (Å²) in [6.07, 6.45) is 19.2. The first-order valence-electron chi connectivity index (χ1n) is 15.9. The lowest BCUT2D eigenvalue weighted by molar-refractivity contribution is 0.303. The number of benzene rings is 4. The molecule has 0 saturated carbocycles. The van der Waals surface area contributed by atoms with Crippen LogP contribution in [0.5, 0.6) is 5.75 Å². The van der Waals surface area contributed by atoms with Gasteiger partial charge in [-0.2, -0.15) is 0 Å². The fourth-order valence-corrected chi connectivity index (χ4v) is 5.21. The highest BCUT2D eigenvalue weighted by atomic mass is 16.5. The molecular weight excluding hydrogens is 508 g/mol. The van der Waals surface area contributed by atoms with Crippen LogP contribution in [0.15, 0.2) is 84.9 Å². The standard InChI is InChI=1S/C41H48O/c1-5-6-7-8-9-10-11-12-29-42-41-28-26-38(31-39(41)25-23-36-20-15-33(3)16-21-36)40-27-17-34(4)30-37(40)24-22-35-18-13-32(2)14-19-35/h13-28,30-31H,5-12,29H2,1-4H3/b24-22+,25-23+. The number of aryl methyl sites for hydroxylation is 3. The van der Waals surface area contributed by atoms with E-state index in [2.05, 4.69) is 137 Å². The van der Waals surface area contributed by atoms with Crippen LogP contribution in [0.3, 0.4) is 0 Å². The van der Waals surface area contributed by atoms with Gasteiger partial charge in [0.25, 0.3) is 0 Å². The summed E-state index contributed by atoms with van der Waals surface area (Å²) in [5, 5.41) is 0.